The molecule has 0 aromatic heterocycles. The van der Waals surface area contributed by atoms with Crippen LogP contribution in [-0.4, -0.2) is 32.2 Å². The maximum atomic E-state index is 12.8. The van der Waals surface area contributed by atoms with Crippen molar-refractivity contribution in [3.05, 3.63) is 53.1 Å². The summed E-state index contributed by atoms with van der Waals surface area (Å²) in [6.07, 6.45) is -3.94. The molecule has 0 unspecified atom stereocenters. The molecule has 1 aliphatic rings. The van der Waals surface area contributed by atoms with Gasteiger partial charge in [0.2, 0.25) is 5.91 Å². The summed E-state index contributed by atoms with van der Waals surface area (Å²) in [6, 6.07) is 9.07. The van der Waals surface area contributed by atoms with Crippen LogP contribution in [0.2, 0.25) is 0 Å². The monoisotopic (exact) mass is 463 g/mol. The topological polar surface area (TPSA) is 53.6 Å². The quantitative estimate of drug-likeness (QED) is 0.565. The lowest BCUT2D eigenvalue weighted by molar-refractivity contribution is -0.137. The van der Waals surface area contributed by atoms with E-state index in [1.54, 1.807) is 0 Å². The van der Waals surface area contributed by atoms with E-state index in [-0.39, 0.29) is 11.3 Å². The minimum Gasteiger partial charge on any atom is -0.381 e. The second kappa shape index (κ2) is 10.0. The average molecular weight is 464 g/mol. The normalized spacial score (nSPS) is 14.8. The number of nitrogens with zero attached hydrogens (tertiary/aromatic N) is 1. The van der Waals surface area contributed by atoms with Crippen LogP contribution in [-0.2, 0) is 22.3 Å². The number of anilines is 3. The fraction of sp³-hybridized carbons (Fsp3) is 0.480. The second-order valence-corrected chi connectivity index (χ2v) is 9.62. The number of amides is 1. The van der Waals surface area contributed by atoms with Crippen LogP contribution in [0.15, 0.2) is 36.4 Å². The highest BCUT2D eigenvalue weighted by molar-refractivity contribution is 5.96. The van der Waals surface area contributed by atoms with Crippen molar-refractivity contribution in [2.75, 3.05) is 41.8 Å². The number of rotatable bonds is 6. The van der Waals surface area contributed by atoms with Gasteiger partial charge in [0, 0.05) is 31.7 Å². The first-order chi connectivity index (χ1) is 15.4. The zero-order valence-electron chi connectivity index (χ0n) is 19.6. The van der Waals surface area contributed by atoms with Crippen molar-refractivity contribution in [3.63, 3.8) is 0 Å². The number of ether oxygens (including phenoxy) is 1. The Labute approximate surface area is 193 Å². The highest BCUT2D eigenvalue weighted by Crippen LogP contribution is 2.35. The molecule has 0 bridgehead atoms. The van der Waals surface area contributed by atoms with Crippen molar-refractivity contribution in [1.29, 1.82) is 0 Å². The molecule has 2 N–H and O–H groups in total. The van der Waals surface area contributed by atoms with Gasteiger partial charge in [-0.25, -0.2) is 0 Å². The van der Waals surface area contributed by atoms with E-state index in [4.69, 9.17) is 4.74 Å². The van der Waals surface area contributed by atoms with Gasteiger partial charge in [0.1, 0.15) is 0 Å². The van der Waals surface area contributed by atoms with Crippen LogP contribution in [0.4, 0.5) is 30.2 Å². The number of hydrogen-bond acceptors (Lipinski definition) is 4. The molecule has 1 aliphatic heterocycles. The number of benzene rings is 2. The third-order valence-corrected chi connectivity index (χ3v) is 5.40. The van der Waals surface area contributed by atoms with Gasteiger partial charge in [-0.3, -0.25) is 4.79 Å². The van der Waals surface area contributed by atoms with Crippen LogP contribution < -0.4 is 15.5 Å². The molecule has 1 saturated heterocycles. The standard InChI is InChI=1S/C25H32F3N3O2/c1-17-13-20(29-16-18-5-7-19(8-6-18)25(26,27)28)14-21(31-9-11-33-12-10-31)23(17)30-22(32)15-24(2,3)4/h5-8,13-14,29H,9-12,15-16H2,1-4H3,(H,30,32). The summed E-state index contributed by atoms with van der Waals surface area (Å²) < 4.78 is 43.9. The number of hydrogen-bond donors (Lipinski definition) is 2. The number of carbonyl (C=O) groups is 1. The summed E-state index contributed by atoms with van der Waals surface area (Å²) in [5.74, 6) is -0.0365. The molecule has 3 rings (SSSR count). The maximum absolute atomic E-state index is 12.8. The van der Waals surface area contributed by atoms with Crippen LogP contribution in [0.5, 0.6) is 0 Å². The number of nitrogens with one attached hydrogen (secondary N) is 2. The van der Waals surface area contributed by atoms with E-state index in [1.165, 1.54) is 12.1 Å². The first kappa shape index (κ1) is 24.9. The number of halogens is 3. The highest BCUT2D eigenvalue weighted by Gasteiger charge is 2.30. The first-order valence-electron chi connectivity index (χ1n) is 11.1. The van der Waals surface area contributed by atoms with Gasteiger partial charge >= 0.3 is 6.18 Å². The molecular formula is C25H32F3N3O2. The van der Waals surface area contributed by atoms with Gasteiger partial charge in [0.15, 0.2) is 0 Å². The molecule has 1 amide bonds. The Balaban J connectivity index is 1.81. The summed E-state index contributed by atoms with van der Waals surface area (Å²) in [4.78, 5) is 14.8. The molecule has 8 heteroatoms. The summed E-state index contributed by atoms with van der Waals surface area (Å²) in [5, 5.41) is 6.40. The van der Waals surface area contributed by atoms with E-state index in [0.717, 1.165) is 40.3 Å². The van der Waals surface area contributed by atoms with Crippen LogP contribution in [0.1, 0.15) is 43.9 Å². The largest absolute Gasteiger partial charge is 0.416 e. The summed E-state index contributed by atoms with van der Waals surface area (Å²) >= 11 is 0. The van der Waals surface area contributed by atoms with Crippen molar-refractivity contribution in [3.8, 4) is 0 Å². The Kier molecular flexibility index (Phi) is 7.57. The van der Waals surface area contributed by atoms with E-state index >= 15 is 0 Å². The van der Waals surface area contributed by atoms with E-state index in [1.807, 2.05) is 39.8 Å². The van der Waals surface area contributed by atoms with Crippen LogP contribution in [0.25, 0.3) is 0 Å². The fourth-order valence-electron chi connectivity index (χ4n) is 3.77. The number of alkyl halides is 3. The fourth-order valence-corrected chi connectivity index (χ4v) is 3.77. The lowest BCUT2D eigenvalue weighted by Crippen LogP contribution is -2.37. The highest BCUT2D eigenvalue weighted by atomic mass is 19.4. The third kappa shape index (κ3) is 7.12. The first-order valence-corrected chi connectivity index (χ1v) is 11.1. The molecule has 2 aromatic carbocycles. The smallest absolute Gasteiger partial charge is 0.381 e. The van der Waals surface area contributed by atoms with Gasteiger partial charge in [-0.2, -0.15) is 13.2 Å². The maximum Gasteiger partial charge on any atom is 0.416 e. The Hall–Kier alpha value is -2.74. The molecular weight excluding hydrogens is 431 g/mol. The molecule has 0 atom stereocenters. The molecule has 180 valence electrons. The molecule has 0 aliphatic carbocycles. The predicted molar refractivity (Wildman–Crippen MR) is 126 cm³/mol. The number of carbonyl (C=O) groups excluding carboxylic acids is 1. The molecule has 0 saturated carbocycles. The van der Waals surface area contributed by atoms with Crippen LogP contribution in [0, 0.1) is 12.3 Å². The Morgan fingerprint density at radius 3 is 2.27 bits per heavy atom. The molecule has 0 radical (unpaired) electrons. The lowest BCUT2D eigenvalue weighted by Gasteiger charge is -2.32. The Morgan fingerprint density at radius 1 is 1.06 bits per heavy atom. The van der Waals surface area contributed by atoms with E-state index in [9.17, 15) is 18.0 Å². The molecule has 1 heterocycles. The number of aryl methyl sites for hydroxylation is 1. The van der Waals surface area contributed by atoms with E-state index in [2.05, 4.69) is 15.5 Å². The molecule has 1 fully saturated rings. The SMILES string of the molecule is Cc1cc(NCc2ccc(C(F)(F)F)cc2)cc(N2CCOCC2)c1NC(=O)CC(C)(C)C. The Bertz CT molecular complexity index is 961. The van der Waals surface area contributed by atoms with Crippen molar-refractivity contribution in [2.24, 2.45) is 5.41 Å². The predicted octanol–water partition coefficient (Wildman–Crippen LogP) is 5.84. The summed E-state index contributed by atoms with van der Waals surface area (Å²) in [7, 11) is 0. The average Bonchev–Trinajstić information content (AvgIpc) is 2.73. The minimum absolute atomic E-state index is 0.0365. The lowest BCUT2D eigenvalue weighted by atomic mass is 9.92. The Morgan fingerprint density at radius 2 is 1.70 bits per heavy atom. The third-order valence-electron chi connectivity index (χ3n) is 5.40. The summed E-state index contributed by atoms with van der Waals surface area (Å²) in [5.41, 5.74) is 3.41. The van der Waals surface area contributed by atoms with Crippen molar-refractivity contribution in [2.45, 2.75) is 46.8 Å². The van der Waals surface area contributed by atoms with Gasteiger partial charge in [-0.15, -0.1) is 0 Å². The molecule has 33 heavy (non-hydrogen) atoms. The minimum atomic E-state index is -4.34. The second-order valence-electron chi connectivity index (χ2n) is 9.62. The van der Waals surface area contributed by atoms with Gasteiger partial charge in [0.05, 0.1) is 30.2 Å². The van der Waals surface area contributed by atoms with E-state index < -0.39 is 11.7 Å². The molecule has 0 spiro atoms. The van der Waals surface area contributed by atoms with Crippen molar-refractivity contribution >= 4 is 23.0 Å². The van der Waals surface area contributed by atoms with Gasteiger partial charge in [-0.05, 0) is 47.7 Å². The zero-order chi connectivity index (χ0) is 24.2. The van der Waals surface area contributed by atoms with Gasteiger partial charge in [-0.1, -0.05) is 32.9 Å². The van der Waals surface area contributed by atoms with Gasteiger partial charge < -0.3 is 20.3 Å². The van der Waals surface area contributed by atoms with Crippen LogP contribution >= 0.6 is 0 Å². The summed E-state index contributed by atoms with van der Waals surface area (Å²) in [6.45, 7) is 11.0. The van der Waals surface area contributed by atoms with Crippen LogP contribution in [0.3, 0.4) is 0 Å². The molecule has 5 nitrogen and oxygen atoms in total. The van der Waals surface area contributed by atoms with E-state index in [0.29, 0.717) is 39.3 Å². The van der Waals surface area contributed by atoms with Gasteiger partial charge in [0.25, 0.3) is 0 Å². The zero-order valence-corrected chi connectivity index (χ0v) is 19.6. The molecule has 2 aromatic rings. The van der Waals surface area contributed by atoms with Crippen molar-refractivity contribution < 1.29 is 22.7 Å². The number of morpholine rings is 1. The van der Waals surface area contributed by atoms with Crippen molar-refractivity contribution in [1.82, 2.24) is 0 Å².